The number of carbonyl (C=O) groups is 2. The second-order valence-corrected chi connectivity index (χ2v) is 11.4. The molecule has 0 spiro atoms. The van der Waals surface area contributed by atoms with Crippen LogP contribution in [0.15, 0.2) is 47.5 Å². The van der Waals surface area contributed by atoms with Crippen molar-refractivity contribution in [3.63, 3.8) is 0 Å². The summed E-state index contributed by atoms with van der Waals surface area (Å²) in [5.74, 6) is -2.59. The van der Waals surface area contributed by atoms with Crippen molar-refractivity contribution in [3.05, 3.63) is 75.0 Å². The Balaban J connectivity index is 1.03. The first kappa shape index (κ1) is 29.9. The largest absolute Gasteiger partial charge is 0.490 e. The normalized spacial score (nSPS) is 19.7. The van der Waals surface area contributed by atoms with Crippen LogP contribution in [-0.2, 0) is 16.0 Å². The van der Waals surface area contributed by atoms with E-state index in [0.29, 0.717) is 30.6 Å². The summed E-state index contributed by atoms with van der Waals surface area (Å²) in [7, 11) is 0. The highest BCUT2D eigenvalue weighted by Gasteiger charge is 2.43. The lowest BCUT2D eigenvalue weighted by molar-refractivity contribution is -0.206. The van der Waals surface area contributed by atoms with Crippen molar-refractivity contribution in [2.24, 2.45) is 5.92 Å². The topological polar surface area (TPSA) is 117 Å². The average molecular weight is 636 g/mol. The average Bonchev–Trinajstić information content (AvgIpc) is 3.28. The van der Waals surface area contributed by atoms with Crippen LogP contribution in [-0.4, -0.2) is 70.4 Å². The van der Waals surface area contributed by atoms with Gasteiger partial charge >= 0.3 is 18.2 Å². The maximum atomic E-state index is 15.2. The van der Waals surface area contributed by atoms with Crippen LogP contribution in [0, 0.1) is 11.7 Å². The quantitative estimate of drug-likeness (QED) is 0.280. The zero-order chi connectivity index (χ0) is 31.2. The molecule has 2 N–H and O–H groups in total. The monoisotopic (exact) mass is 635 g/mol. The molecule has 5 heterocycles. The lowest BCUT2D eigenvalue weighted by Gasteiger charge is -2.38. The third kappa shape index (κ3) is 6.09. The van der Waals surface area contributed by atoms with E-state index in [4.69, 9.17) is 16.3 Å². The molecule has 1 aromatic carbocycles. The van der Waals surface area contributed by atoms with E-state index in [0.717, 1.165) is 24.0 Å². The molecule has 44 heavy (non-hydrogen) atoms. The minimum absolute atomic E-state index is 0.0197. The molecular formula is C29H26ClF4N5O5. The van der Waals surface area contributed by atoms with E-state index < -0.39 is 30.7 Å². The van der Waals surface area contributed by atoms with Crippen LogP contribution in [0.5, 0.6) is 5.88 Å². The molecule has 1 unspecified atom stereocenters. The van der Waals surface area contributed by atoms with Gasteiger partial charge in [-0.15, -0.1) is 0 Å². The van der Waals surface area contributed by atoms with Gasteiger partial charge in [-0.3, -0.25) is 9.69 Å². The van der Waals surface area contributed by atoms with Gasteiger partial charge in [0.25, 0.3) is 0 Å². The van der Waals surface area contributed by atoms with Gasteiger partial charge in [0, 0.05) is 60.7 Å². The second-order valence-electron chi connectivity index (χ2n) is 11.0. The number of anilines is 1. The Morgan fingerprint density at radius 3 is 2.68 bits per heavy atom. The summed E-state index contributed by atoms with van der Waals surface area (Å²) in [5.41, 5.74) is 2.45. The first-order valence-corrected chi connectivity index (χ1v) is 14.2. The highest BCUT2D eigenvalue weighted by Crippen LogP contribution is 2.43. The van der Waals surface area contributed by atoms with Crippen LogP contribution < -0.4 is 15.6 Å². The van der Waals surface area contributed by atoms with Gasteiger partial charge < -0.3 is 24.7 Å². The zero-order valence-electron chi connectivity index (χ0n) is 23.0. The van der Waals surface area contributed by atoms with Crippen LogP contribution in [0.4, 0.5) is 28.0 Å². The number of benzene rings is 1. The van der Waals surface area contributed by atoms with E-state index in [-0.39, 0.29) is 46.8 Å². The number of ether oxygens (including phenoxy) is 2. The number of carbonyl (C=O) groups excluding carboxylic acids is 2. The van der Waals surface area contributed by atoms with Gasteiger partial charge in [-0.05, 0) is 48.6 Å². The molecule has 3 aliphatic heterocycles. The van der Waals surface area contributed by atoms with Crippen molar-refractivity contribution >= 4 is 29.3 Å². The number of rotatable bonds is 7. The van der Waals surface area contributed by atoms with Gasteiger partial charge in [0.15, 0.2) is 0 Å². The number of alkyl halides is 3. The van der Waals surface area contributed by atoms with Gasteiger partial charge in [-0.25, -0.2) is 19.0 Å². The Labute approximate surface area is 252 Å². The van der Waals surface area contributed by atoms with E-state index in [9.17, 15) is 27.6 Å². The molecule has 6 rings (SSSR count). The van der Waals surface area contributed by atoms with Crippen LogP contribution in [0.3, 0.4) is 0 Å². The Bertz CT molecular complexity index is 1640. The minimum atomic E-state index is -5.02. The van der Waals surface area contributed by atoms with E-state index >= 15 is 4.39 Å². The van der Waals surface area contributed by atoms with Gasteiger partial charge in [-0.2, -0.15) is 13.2 Å². The summed E-state index contributed by atoms with van der Waals surface area (Å²) in [6, 6.07) is 6.61. The summed E-state index contributed by atoms with van der Waals surface area (Å²) in [5, 5.41) is 2.85. The van der Waals surface area contributed by atoms with Crippen molar-refractivity contribution in [1.82, 2.24) is 19.8 Å². The van der Waals surface area contributed by atoms with Crippen LogP contribution in [0.2, 0.25) is 5.02 Å². The SMILES string of the molecule is O=C(Nc1cc(Cl)c(-c2ccc(OCC3CN(COC(=O)C(F)(F)F)C3)nc2)cc1F)N1C2CC[C@@H]1c1c[nH]c(=O)cc1C2. The van der Waals surface area contributed by atoms with Gasteiger partial charge in [0.2, 0.25) is 11.4 Å². The van der Waals surface area contributed by atoms with Crippen molar-refractivity contribution in [3.8, 4) is 17.0 Å². The summed E-state index contributed by atoms with van der Waals surface area (Å²) >= 11 is 6.49. The lowest BCUT2D eigenvalue weighted by Crippen LogP contribution is -2.50. The first-order chi connectivity index (χ1) is 21.0. The molecule has 2 bridgehead atoms. The summed E-state index contributed by atoms with van der Waals surface area (Å²) in [4.78, 5) is 45.9. The number of H-pyrrole nitrogens is 1. The number of aromatic nitrogens is 2. The smallest absolute Gasteiger partial charge is 0.477 e. The molecule has 15 heteroatoms. The molecule has 232 valence electrons. The highest BCUT2D eigenvalue weighted by molar-refractivity contribution is 6.33. The molecule has 2 saturated heterocycles. The molecule has 0 radical (unpaired) electrons. The van der Waals surface area contributed by atoms with E-state index in [1.807, 2.05) is 0 Å². The molecule has 2 amide bonds. The van der Waals surface area contributed by atoms with Crippen LogP contribution in [0.25, 0.3) is 11.1 Å². The maximum Gasteiger partial charge on any atom is 0.490 e. The molecule has 2 atom stereocenters. The number of halogens is 5. The number of hydrogen-bond donors (Lipinski definition) is 2. The summed E-state index contributed by atoms with van der Waals surface area (Å²) in [6.07, 6.45) is 0.161. The number of pyridine rings is 2. The zero-order valence-corrected chi connectivity index (χ0v) is 23.8. The van der Waals surface area contributed by atoms with E-state index in [2.05, 4.69) is 20.0 Å². The number of esters is 1. The third-order valence-corrected chi connectivity index (χ3v) is 8.37. The molecule has 0 aliphatic carbocycles. The first-order valence-electron chi connectivity index (χ1n) is 13.8. The van der Waals surface area contributed by atoms with Gasteiger partial charge in [-0.1, -0.05) is 11.6 Å². The number of nitrogens with one attached hydrogen (secondary N) is 2. The molecular weight excluding hydrogens is 610 g/mol. The lowest BCUT2D eigenvalue weighted by atomic mass is 9.95. The fraction of sp³-hybridized carbons (Fsp3) is 0.379. The molecule has 0 saturated carbocycles. The molecule has 10 nitrogen and oxygen atoms in total. The third-order valence-electron chi connectivity index (χ3n) is 8.05. The second kappa shape index (κ2) is 11.7. The van der Waals surface area contributed by atoms with Gasteiger partial charge in [0.05, 0.1) is 23.4 Å². The number of amides is 2. The van der Waals surface area contributed by atoms with Gasteiger partial charge in [0.1, 0.15) is 12.5 Å². The number of hydrogen-bond acceptors (Lipinski definition) is 7. The summed E-state index contributed by atoms with van der Waals surface area (Å²) < 4.78 is 61.7. The number of likely N-dealkylation sites (tertiary alicyclic amines) is 1. The standard InChI is InChI=1S/C29H26ClF4N5O5/c30-21-8-23(37-28(42)39-18-2-3-24(39)20-10-35-25(40)6-17(20)5-18)22(31)7-19(21)16-1-4-26(36-9-16)43-13-15-11-38(12-15)14-44-27(41)29(32,33)34/h1,4,6-10,15,18,24H,2-3,5,11-14H2,(H,35,40)(H,37,42)/t18?,24-/m1/s1. The van der Waals surface area contributed by atoms with Crippen LogP contribution >= 0.6 is 11.6 Å². The predicted molar refractivity (Wildman–Crippen MR) is 150 cm³/mol. The molecule has 2 aromatic heterocycles. The fourth-order valence-corrected chi connectivity index (χ4v) is 6.23. The molecule has 2 fully saturated rings. The number of nitrogens with zero attached hydrogens (tertiary/aromatic N) is 3. The Hall–Kier alpha value is -4.17. The number of urea groups is 1. The fourth-order valence-electron chi connectivity index (χ4n) is 5.95. The Morgan fingerprint density at radius 2 is 1.95 bits per heavy atom. The number of aromatic amines is 1. The van der Waals surface area contributed by atoms with E-state index in [1.54, 1.807) is 29.3 Å². The molecule has 3 aliphatic rings. The van der Waals surface area contributed by atoms with Crippen LogP contribution in [0.1, 0.15) is 30.0 Å². The highest BCUT2D eigenvalue weighted by atomic mass is 35.5. The van der Waals surface area contributed by atoms with Crippen molar-refractivity contribution < 1.29 is 36.6 Å². The Morgan fingerprint density at radius 1 is 1.16 bits per heavy atom. The molecule has 3 aromatic rings. The van der Waals surface area contributed by atoms with Crippen molar-refractivity contribution in [1.29, 1.82) is 0 Å². The van der Waals surface area contributed by atoms with Crippen molar-refractivity contribution in [2.75, 3.05) is 31.7 Å². The van der Waals surface area contributed by atoms with E-state index in [1.165, 1.54) is 23.2 Å². The number of fused-ring (bicyclic) bond motifs is 4. The van der Waals surface area contributed by atoms with Crippen molar-refractivity contribution in [2.45, 2.75) is 37.5 Å². The maximum absolute atomic E-state index is 15.2. The minimum Gasteiger partial charge on any atom is -0.477 e. The summed E-state index contributed by atoms with van der Waals surface area (Å²) in [6.45, 7) is 0.600. The Kier molecular flexibility index (Phi) is 7.97. The predicted octanol–water partition coefficient (Wildman–Crippen LogP) is 4.90.